The number of likely N-dealkylation sites (tertiary alicyclic amines) is 1. The summed E-state index contributed by atoms with van der Waals surface area (Å²) in [6, 6.07) is 6.33. The number of ether oxygens (including phenoxy) is 1. The number of nitrogens with zero attached hydrogens (tertiary/aromatic N) is 3. The second-order valence-electron chi connectivity index (χ2n) is 10.0. The average molecular weight is 457 g/mol. The number of carbonyl (C=O) groups excluding carboxylic acids is 1. The third-order valence-electron chi connectivity index (χ3n) is 5.73. The zero-order chi connectivity index (χ0) is 23.5. The van der Waals surface area contributed by atoms with Gasteiger partial charge in [0.1, 0.15) is 5.60 Å². The van der Waals surface area contributed by atoms with Crippen molar-refractivity contribution in [1.29, 1.82) is 0 Å². The monoisotopic (exact) mass is 456 g/mol. The average Bonchev–Trinajstić information content (AvgIpc) is 2.66. The third kappa shape index (κ3) is 6.69. The molecule has 1 N–H and O–H groups in total. The van der Waals surface area contributed by atoms with Gasteiger partial charge >= 0.3 is 6.09 Å². The van der Waals surface area contributed by atoms with Crippen molar-refractivity contribution in [3.05, 3.63) is 53.1 Å². The molecule has 0 saturated carbocycles. The van der Waals surface area contributed by atoms with E-state index in [1.807, 2.05) is 33.0 Å². The third-order valence-corrected chi connectivity index (χ3v) is 6.27. The zero-order valence-electron chi connectivity index (χ0n) is 20.1. The Morgan fingerprint density at radius 3 is 2.53 bits per heavy atom. The number of thiol groups is 1. The number of nitrogens with one attached hydrogen (secondary N) is 1. The Hall–Kier alpha value is -2.12. The Morgan fingerprint density at radius 2 is 1.88 bits per heavy atom. The van der Waals surface area contributed by atoms with Crippen molar-refractivity contribution in [2.24, 2.45) is 5.92 Å². The molecular weight excluding hydrogens is 420 g/mol. The minimum atomic E-state index is -0.554. The normalized spacial score (nSPS) is 19.3. The van der Waals surface area contributed by atoms with Crippen LogP contribution in [0.3, 0.4) is 0 Å². The van der Waals surface area contributed by atoms with E-state index in [1.54, 1.807) is 6.20 Å². The van der Waals surface area contributed by atoms with Crippen LogP contribution in [0, 0.1) is 19.8 Å². The first kappa shape index (κ1) is 24.5. The molecule has 0 bridgehead atoms. The van der Waals surface area contributed by atoms with Crippen molar-refractivity contribution in [3.8, 4) is 0 Å². The first-order chi connectivity index (χ1) is 14.9. The minimum absolute atomic E-state index is 0.488. The van der Waals surface area contributed by atoms with Gasteiger partial charge in [0, 0.05) is 29.7 Å². The fourth-order valence-corrected chi connectivity index (χ4v) is 4.67. The van der Waals surface area contributed by atoms with Gasteiger partial charge in [-0.25, -0.2) is 4.79 Å². The van der Waals surface area contributed by atoms with Gasteiger partial charge in [-0.05, 0) is 97.0 Å². The quantitative estimate of drug-likeness (QED) is 0.582. The number of pyridine rings is 2. The first-order valence-electron chi connectivity index (χ1n) is 11.3. The lowest BCUT2D eigenvalue weighted by Crippen LogP contribution is -2.46. The molecule has 2 aromatic heterocycles. The van der Waals surface area contributed by atoms with Crippen molar-refractivity contribution in [3.63, 3.8) is 0 Å². The molecule has 3 rings (SSSR count). The highest BCUT2D eigenvalue weighted by atomic mass is 32.1. The molecule has 1 unspecified atom stereocenters. The van der Waals surface area contributed by atoms with Crippen molar-refractivity contribution >= 4 is 24.4 Å². The highest BCUT2D eigenvalue weighted by Crippen LogP contribution is 2.37. The van der Waals surface area contributed by atoms with Crippen LogP contribution in [0.1, 0.15) is 63.1 Å². The van der Waals surface area contributed by atoms with Crippen LogP contribution in [0.4, 0.5) is 10.5 Å². The smallest absolute Gasteiger partial charge is 0.412 e. The summed E-state index contributed by atoms with van der Waals surface area (Å²) in [5.74, 6) is 0.562. The molecular formula is C25H36N4O2S. The Kier molecular flexibility index (Phi) is 7.50. The summed E-state index contributed by atoms with van der Waals surface area (Å²) in [5, 5.41) is 2.78. The van der Waals surface area contributed by atoms with Crippen molar-refractivity contribution in [2.45, 2.75) is 71.3 Å². The maximum absolute atomic E-state index is 12.2. The minimum Gasteiger partial charge on any atom is -0.444 e. The number of aromatic nitrogens is 2. The Morgan fingerprint density at radius 1 is 1.19 bits per heavy atom. The van der Waals surface area contributed by atoms with Gasteiger partial charge in [0.05, 0.1) is 16.8 Å². The van der Waals surface area contributed by atoms with Gasteiger partial charge in [-0.2, -0.15) is 12.6 Å². The molecule has 7 heteroatoms. The van der Waals surface area contributed by atoms with Crippen LogP contribution in [0.15, 0.2) is 30.6 Å². The molecule has 3 heterocycles. The van der Waals surface area contributed by atoms with E-state index >= 15 is 0 Å². The van der Waals surface area contributed by atoms with Gasteiger partial charge < -0.3 is 4.74 Å². The van der Waals surface area contributed by atoms with Crippen molar-refractivity contribution in [1.82, 2.24) is 14.9 Å². The van der Waals surface area contributed by atoms with Crippen LogP contribution in [-0.2, 0) is 16.0 Å². The number of hydrogen-bond donors (Lipinski definition) is 2. The second kappa shape index (κ2) is 9.79. The lowest BCUT2D eigenvalue weighted by atomic mass is 9.89. The molecule has 1 aliphatic rings. The number of amides is 1. The first-order valence-corrected chi connectivity index (χ1v) is 11.7. The van der Waals surface area contributed by atoms with Gasteiger partial charge in [-0.3, -0.25) is 20.2 Å². The molecule has 1 amide bonds. The zero-order valence-corrected chi connectivity index (χ0v) is 21.0. The van der Waals surface area contributed by atoms with E-state index in [4.69, 9.17) is 17.4 Å². The highest BCUT2D eigenvalue weighted by Gasteiger charge is 2.34. The van der Waals surface area contributed by atoms with Gasteiger partial charge in [0.15, 0.2) is 0 Å². The SMILES string of the molecule is Cc1cc(C[C@H]2CCCN(C(C)(S)c3cncc(NC(=O)OC(C)(C)C)c3)C2)cc(C)n1. The molecule has 2 atom stereocenters. The predicted molar refractivity (Wildman–Crippen MR) is 132 cm³/mol. The molecule has 1 fully saturated rings. The molecule has 2 aromatic rings. The Labute approximate surface area is 197 Å². The van der Waals surface area contributed by atoms with Crippen molar-refractivity contribution in [2.75, 3.05) is 18.4 Å². The number of rotatable bonds is 5. The molecule has 0 radical (unpaired) electrons. The predicted octanol–water partition coefficient (Wildman–Crippen LogP) is 5.50. The van der Waals surface area contributed by atoms with Crippen LogP contribution in [0.2, 0.25) is 0 Å². The van der Waals surface area contributed by atoms with Crippen LogP contribution in [0.5, 0.6) is 0 Å². The van der Waals surface area contributed by atoms with Gasteiger partial charge in [-0.1, -0.05) is 0 Å². The van der Waals surface area contributed by atoms with E-state index < -0.39 is 16.6 Å². The summed E-state index contributed by atoms with van der Waals surface area (Å²) in [5.41, 5.74) is 4.51. The Bertz CT molecular complexity index is 935. The lowest BCUT2D eigenvalue weighted by molar-refractivity contribution is 0.0636. The number of piperidine rings is 1. The van der Waals surface area contributed by atoms with E-state index in [-0.39, 0.29) is 0 Å². The molecule has 32 heavy (non-hydrogen) atoms. The fraction of sp³-hybridized carbons (Fsp3) is 0.560. The maximum Gasteiger partial charge on any atom is 0.412 e. The highest BCUT2D eigenvalue weighted by molar-refractivity contribution is 7.81. The number of anilines is 1. The maximum atomic E-state index is 12.2. The van der Waals surface area contributed by atoms with E-state index in [0.29, 0.717) is 11.6 Å². The largest absolute Gasteiger partial charge is 0.444 e. The number of carbonyl (C=O) groups is 1. The molecule has 0 spiro atoms. The molecule has 6 nitrogen and oxygen atoms in total. The number of aryl methyl sites for hydroxylation is 2. The van der Waals surface area contributed by atoms with Crippen molar-refractivity contribution < 1.29 is 9.53 Å². The summed E-state index contributed by atoms with van der Waals surface area (Å²) >= 11 is 5.06. The standard InChI is InChI=1S/C25H36N4O2S/c1-17-10-20(11-18(2)27-17)12-19-8-7-9-29(16-19)25(6,32)21-13-22(15-26-14-21)28-23(30)31-24(3,4)5/h10-11,13-15,19,32H,7-9,12,16H2,1-6H3,(H,28,30)/t19-,25?/m1/s1. The molecule has 174 valence electrons. The molecule has 0 aliphatic carbocycles. The summed E-state index contributed by atoms with van der Waals surface area (Å²) in [7, 11) is 0. The topological polar surface area (TPSA) is 67.4 Å². The Balaban J connectivity index is 1.70. The summed E-state index contributed by atoms with van der Waals surface area (Å²) in [4.78, 5) is 22.9. The molecule has 0 aromatic carbocycles. The van der Waals surface area contributed by atoms with Gasteiger partial charge in [-0.15, -0.1) is 0 Å². The molecule has 1 aliphatic heterocycles. The summed E-state index contributed by atoms with van der Waals surface area (Å²) < 4.78 is 5.36. The fourth-order valence-electron chi connectivity index (χ4n) is 4.37. The van der Waals surface area contributed by atoms with E-state index in [9.17, 15) is 4.79 Å². The van der Waals surface area contributed by atoms with E-state index in [2.05, 4.69) is 53.1 Å². The van der Waals surface area contributed by atoms with Crippen LogP contribution in [0.25, 0.3) is 0 Å². The number of hydrogen-bond acceptors (Lipinski definition) is 6. The van der Waals surface area contributed by atoms with Gasteiger partial charge in [0.2, 0.25) is 0 Å². The van der Waals surface area contributed by atoms with Crippen LogP contribution in [-0.4, -0.2) is 39.7 Å². The summed E-state index contributed by atoms with van der Waals surface area (Å²) in [6.45, 7) is 13.7. The van der Waals surface area contributed by atoms with E-state index in [1.165, 1.54) is 12.0 Å². The van der Waals surface area contributed by atoms with Gasteiger partial charge in [0.25, 0.3) is 0 Å². The van der Waals surface area contributed by atoms with Crippen LogP contribution < -0.4 is 5.32 Å². The van der Waals surface area contributed by atoms with E-state index in [0.717, 1.165) is 42.9 Å². The second-order valence-corrected chi connectivity index (χ2v) is 10.9. The molecule has 1 saturated heterocycles. The lowest BCUT2D eigenvalue weighted by Gasteiger charge is -2.43. The summed E-state index contributed by atoms with van der Waals surface area (Å²) in [6.07, 6.45) is 6.35. The van der Waals surface area contributed by atoms with Crippen LogP contribution >= 0.6 is 12.6 Å².